The van der Waals surface area contributed by atoms with Gasteiger partial charge in [0.15, 0.2) is 0 Å². The van der Waals surface area contributed by atoms with Crippen LogP contribution in [-0.4, -0.2) is 109 Å². The van der Waals surface area contributed by atoms with Crippen molar-refractivity contribution in [3.05, 3.63) is 23.3 Å². The second-order valence-corrected chi connectivity index (χ2v) is 10.2. The highest BCUT2D eigenvalue weighted by atomic mass is 32.2. The lowest BCUT2D eigenvalue weighted by Crippen LogP contribution is -2.51. The van der Waals surface area contributed by atoms with Gasteiger partial charge in [-0.25, -0.2) is 8.42 Å². The van der Waals surface area contributed by atoms with Crippen LogP contribution in [0, 0.1) is 13.8 Å². The smallest absolute Gasteiger partial charge is 0.248 e. The summed E-state index contributed by atoms with van der Waals surface area (Å²) in [5.74, 6) is 0.491. The molecule has 10 heteroatoms. The molecule has 1 amide bonds. The molecule has 0 aromatic heterocycles. The fourth-order valence-electron chi connectivity index (χ4n) is 3.78. The summed E-state index contributed by atoms with van der Waals surface area (Å²) in [5, 5.41) is 0. The molecule has 0 radical (unpaired) electrons. The average molecular weight is 472 g/mol. The van der Waals surface area contributed by atoms with Gasteiger partial charge in [0.05, 0.1) is 37.9 Å². The molecule has 0 bridgehead atoms. The molecular weight excluding hydrogens is 434 g/mol. The molecule has 0 unspecified atom stereocenters. The molecule has 182 valence electrons. The minimum Gasteiger partial charge on any atom is -0.497 e. The number of sulfonamides is 1. The van der Waals surface area contributed by atoms with Gasteiger partial charge < -0.3 is 24.0 Å². The Morgan fingerprint density at radius 3 is 2.44 bits per heavy atom. The Morgan fingerprint density at radius 1 is 1.19 bits per heavy atom. The van der Waals surface area contributed by atoms with Crippen molar-refractivity contribution in [2.24, 2.45) is 0 Å². The number of rotatable bonds is 11. The molecule has 0 saturated carbocycles. The normalized spacial score (nSPS) is 17.5. The monoisotopic (exact) mass is 471 g/mol. The lowest BCUT2D eigenvalue weighted by atomic mass is 10.1. The van der Waals surface area contributed by atoms with E-state index in [-0.39, 0.29) is 37.2 Å². The summed E-state index contributed by atoms with van der Waals surface area (Å²) in [6.07, 6.45) is 0.873. The largest absolute Gasteiger partial charge is 0.497 e. The van der Waals surface area contributed by atoms with E-state index < -0.39 is 16.1 Å². The lowest BCUT2D eigenvalue weighted by Gasteiger charge is -2.35. The predicted molar refractivity (Wildman–Crippen MR) is 123 cm³/mol. The summed E-state index contributed by atoms with van der Waals surface area (Å²) in [6, 6.07) is 2.94. The second kappa shape index (κ2) is 11.9. The number of carbonyl (C=O) groups excluding carboxylic acids is 1. The summed E-state index contributed by atoms with van der Waals surface area (Å²) < 4.78 is 44.9. The summed E-state index contributed by atoms with van der Waals surface area (Å²) in [7, 11) is 3.52. The minimum absolute atomic E-state index is 0.0881. The maximum Gasteiger partial charge on any atom is 0.248 e. The van der Waals surface area contributed by atoms with Crippen LogP contribution in [-0.2, 0) is 24.3 Å². The Kier molecular flexibility index (Phi) is 9.90. The van der Waals surface area contributed by atoms with E-state index in [1.54, 1.807) is 45.0 Å². The third-order valence-electron chi connectivity index (χ3n) is 5.47. The number of methoxy groups -OCH3 is 1. The fourth-order valence-corrected chi connectivity index (χ4v) is 5.78. The molecule has 32 heavy (non-hydrogen) atoms. The van der Waals surface area contributed by atoms with Crippen molar-refractivity contribution in [1.82, 2.24) is 14.1 Å². The van der Waals surface area contributed by atoms with Crippen molar-refractivity contribution in [2.75, 3.05) is 74.3 Å². The maximum atomic E-state index is 13.5. The van der Waals surface area contributed by atoms with Crippen LogP contribution in [0.2, 0.25) is 0 Å². The first-order chi connectivity index (χ1) is 15.1. The van der Waals surface area contributed by atoms with Crippen molar-refractivity contribution >= 4 is 15.9 Å². The van der Waals surface area contributed by atoms with Crippen molar-refractivity contribution < 1.29 is 27.4 Å². The number of carbonyl (C=O) groups is 1. The van der Waals surface area contributed by atoms with Gasteiger partial charge >= 0.3 is 0 Å². The first-order valence-electron chi connectivity index (χ1n) is 10.8. The Morgan fingerprint density at radius 2 is 1.84 bits per heavy atom. The molecule has 0 aliphatic carbocycles. The van der Waals surface area contributed by atoms with E-state index >= 15 is 0 Å². The lowest BCUT2D eigenvalue weighted by molar-refractivity contribution is -0.135. The Hall–Kier alpha value is -1.72. The van der Waals surface area contributed by atoms with Gasteiger partial charge in [0, 0.05) is 20.1 Å². The highest BCUT2D eigenvalue weighted by molar-refractivity contribution is 7.89. The third-order valence-corrected chi connectivity index (χ3v) is 7.73. The van der Waals surface area contributed by atoms with Crippen molar-refractivity contribution in [2.45, 2.75) is 31.2 Å². The number of morpholine rings is 1. The number of ether oxygens (including phenoxy) is 3. The van der Waals surface area contributed by atoms with Crippen LogP contribution < -0.4 is 4.74 Å². The van der Waals surface area contributed by atoms with Crippen LogP contribution in [0.15, 0.2) is 17.0 Å². The zero-order chi connectivity index (χ0) is 23.9. The minimum atomic E-state index is -3.77. The molecule has 1 heterocycles. The standard InChI is InChI=1S/C22H37N3O6S/c1-17-12-20(29-6)13-18(2)22(17)32(27,28)25-10-11-30-14-19(25)15-31-16-21(26)24(5)9-7-8-23(3)4/h12-13,19H,7-11,14-16H2,1-6H3/t19-/m0/s1. The van der Waals surface area contributed by atoms with Gasteiger partial charge in [-0.1, -0.05) is 0 Å². The first kappa shape index (κ1) is 26.5. The predicted octanol–water partition coefficient (Wildman–Crippen LogP) is 1.13. The highest BCUT2D eigenvalue weighted by Gasteiger charge is 2.36. The Balaban J connectivity index is 2.03. The maximum absolute atomic E-state index is 13.5. The molecule has 0 N–H and O–H groups in total. The van der Waals surface area contributed by atoms with E-state index in [1.165, 1.54) is 4.31 Å². The molecule has 1 aromatic rings. The molecule has 1 atom stereocenters. The number of nitrogens with zero attached hydrogens (tertiary/aromatic N) is 3. The van der Waals surface area contributed by atoms with Crippen LogP contribution in [0.5, 0.6) is 5.75 Å². The number of benzene rings is 1. The number of hydrogen-bond donors (Lipinski definition) is 0. The molecule has 9 nitrogen and oxygen atoms in total. The molecular formula is C22H37N3O6S. The number of hydrogen-bond acceptors (Lipinski definition) is 7. The van der Waals surface area contributed by atoms with Gasteiger partial charge in [-0.2, -0.15) is 4.31 Å². The van der Waals surface area contributed by atoms with Crippen LogP contribution >= 0.6 is 0 Å². The SMILES string of the molecule is COc1cc(C)c(S(=O)(=O)N2CCOC[C@H]2COCC(=O)N(C)CCCN(C)C)c(C)c1. The quantitative estimate of drug-likeness (QED) is 0.478. The summed E-state index contributed by atoms with van der Waals surface area (Å²) in [4.78, 5) is 16.3. The van der Waals surface area contributed by atoms with Crippen LogP contribution in [0.4, 0.5) is 0 Å². The van der Waals surface area contributed by atoms with Gasteiger partial charge in [-0.15, -0.1) is 0 Å². The van der Waals surface area contributed by atoms with Crippen molar-refractivity contribution in [1.29, 1.82) is 0 Å². The van der Waals surface area contributed by atoms with E-state index in [1.807, 2.05) is 14.1 Å². The summed E-state index contributed by atoms with van der Waals surface area (Å²) >= 11 is 0. The number of amides is 1. The van der Waals surface area contributed by atoms with E-state index in [2.05, 4.69) is 4.90 Å². The third kappa shape index (κ3) is 6.89. The van der Waals surface area contributed by atoms with Gasteiger partial charge in [-0.05, 0) is 64.2 Å². The first-order valence-corrected chi connectivity index (χ1v) is 12.2. The number of likely N-dealkylation sites (N-methyl/N-ethyl adjacent to an activating group) is 1. The molecule has 1 saturated heterocycles. The zero-order valence-corrected chi connectivity index (χ0v) is 20.9. The average Bonchev–Trinajstić information content (AvgIpc) is 2.72. The summed E-state index contributed by atoms with van der Waals surface area (Å²) in [5.41, 5.74) is 1.25. The molecule has 0 spiro atoms. The van der Waals surface area contributed by atoms with Crippen LogP contribution in [0.3, 0.4) is 0 Å². The van der Waals surface area contributed by atoms with Gasteiger partial charge in [-0.3, -0.25) is 4.79 Å². The van der Waals surface area contributed by atoms with Crippen molar-refractivity contribution in [3.8, 4) is 5.75 Å². The molecule has 2 rings (SSSR count). The van der Waals surface area contributed by atoms with Gasteiger partial charge in [0.25, 0.3) is 0 Å². The zero-order valence-electron chi connectivity index (χ0n) is 20.1. The van der Waals surface area contributed by atoms with Crippen LogP contribution in [0.25, 0.3) is 0 Å². The highest BCUT2D eigenvalue weighted by Crippen LogP contribution is 2.30. The van der Waals surface area contributed by atoms with E-state index in [4.69, 9.17) is 14.2 Å². The van der Waals surface area contributed by atoms with E-state index in [0.29, 0.717) is 30.0 Å². The van der Waals surface area contributed by atoms with Gasteiger partial charge in [0.1, 0.15) is 12.4 Å². The van der Waals surface area contributed by atoms with E-state index in [9.17, 15) is 13.2 Å². The van der Waals surface area contributed by atoms with E-state index in [0.717, 1.165) is 13.0 Å². The number of aryl methyl sites for hydroxylation is 2. The Bertz CT molecular complexity index is 851. The summed E-state index contributed by atoms with van der Waals surface area (Å²) in [6.45, 7) is 5.84. The Labute approximate surface area is 192 Å². The fraction of sp³-hybridized carbons (Fsp3) is 0.682. The molecule has 1 aliphatic heterocycles. The topological polar surface area (TPSA) is 88.6 Å². The second-order valence-electron chi connectivity index (χ2n) is 8.42. The molecule has 1 aromatic carbocycles. The van der Waals surface area contributed by atoms with Crippen LogP contribution in [0.1, 0.15) is 17.5 Å². The van der Waals surface area contributed by atoms with Crippen molar-refractivity contribution in [3.63, 3.8) is 0 Å². The molecule has 1 fully saturated rings. The van der Waals surface area contributed by atoms with Gasteiger partial charge in [0.2, 0.25) is 15.9 Å². The molecule has 1 aliphatic rings.